The molecule has 40 heavy (non-hydrogen) atoms. The average molecular weight is 548 g/mol. The largest absolute Gasteiger partial charge is 0.462 e. The number of allylic oxidation sites excluding steroid dienone is 2. The molecule has 10 atom stereocenters. The van der Waals surface area contributed by atoms with E-state index >= 15 is 0 Å². The number of esters is 1. The second-order valence-electron chi connectivity index (χ2n) is 14.6. The summed E-state index contributed by atoms with van der Waals surface area (Å²) in [5.41, 5.74) is -0.617. The number of rotatable bonds is 6. The molecule has 4 aliphatic carbocycles. The van der Waals surface area contributed by atoms with E-state index in [2.05, 4.69) is 75.9 Å². The van der Waals surface area contributed by atoms with Gasteiger partial charge in [-0.1, -0.05) is 65.8 Å². The lowest BCUT2D eigenvalue weighted by atomic mass is 9.41. The van der Waals surface area contributed by atoms with Crippen LogP contribution in [0.25, 0.3) is 0 Å². The zero-order chi connectivity index (χ0) is 28.5. The third-order valence-electron chi connectivity index (χ3n) is 12.5. The minimum absolute atomic E-state index is 0.0330. The summed E-state index contributed by atoms with van der Waals surface area (Å²) in [4.78, 5) is 28.4. The molecule has 1 aromatic rings. The Kier molecular flexibility index (Phi) is 6.76. The van der Waals surface area contributed by atoms with Crippen LogP contribution in [0.4, 0.5) is 5.82 Å². The van der Waals surface area contributed by atoms with Gasteiger partial charge in [-0.25, -0.2) is 10.0 Å². The third-order valence-corrected chi connectivity index (χ3v) is 12.5. The summed E-state index contributed by atoms with van der Waals surface area (Å²) >= 11 is 0. The molecule has 1 saturated heterocycles. The number of hydrogen-bond acceptors (Lipinski definition) is 6. The average Bonchev–Trinajstić information content (AvgIpc) is 3.29. The molecule has 3 heterocycles. The van der Waals surface area contributed by atoms with E-state index in [-0.39, 0.29) is 28.4 Å². The molecule has 4 fully saturated rings. The van der Waals surface area contributed by atoms with E-state index < -0.39 is 5.60 Å². The summed E-state index contributed by atoms with van der Waals surface area (Å²) in [5.74, 6) is 3.91. The van der Waals surface area contributed by atoms with Crippen LogP contribution in [0, 0.1) is 46.3 Å². The van der Waals surface area contributed by atoms with Crippen molar-refractivity contribution in [3.05, 3.63) is 42.9 Å². The second kappa shape index (κ2) is 9.68. The van der Waals surface area contributed by atoms with E-state index in [1.165, 1.54) is 32.6 Å². The molecule has 0 amide bonds. The van der Waals surface area contributed by atoms with Crippen molar-refractivity contribution < 1.29 is 14.4 Å². The molecule has 7 rings (SSSR count). The lowest BCUT2D eigenvalue weighted by molar-refractivity contribution is -0.271. The monoisotopic (exact) mass is 547 g/mol. The molecule has 1 aromatic heterocycles. The highest BCUT2D eigenvalue weighted by Crippen LogP contribution is 2.73. The van der Waals surface area contributed by atoms with Crippen LogP contribution < -0.4 is 5.06 Å². The number of hydrogen-bond donors (Lipinski definition) is 0. The van der Waals surface area contributed by atoms with Gasteiger partial charge in [-0.3, -0.25) is 14.6 Å². The fourth-order valence-electron chi connectivity index (χ4n) is 10.0. The van der Waals surface area contributed by atoms with Gasteiger partial charge in [0.05, 0.1) is 11.7 Å². The summed E-state index contributed by atoms with van der Waals surface area (Å²) in [7, 11) is 0. The number of hydroxylamine groups is 1. The molecule has 0 radical (unpaired) electrons. The van der Waals surface area contributed by atoms with Gasteiger partial charge in [0.25, 0.3) is 0 Å². The molecule has 6 nitrogen and oxygen atoms in total. The molecule has 3 saturated carbocycles. The zero-order valence-corrected chi connectivity index (χ0v) is 25.6. The highest BCUT2D eigenvalue weighted by Gasteiger charge is 2.76. The number of carbonyl (C=O) groups is 1. The quantitative estimate of drug-likeness (QED) is 0.275. The molecule has 6 aliphatic rings. The normalized spacial score (nSPS) is 43.4. The molecule has 6 heteroatoms. The summed E-state index contributed by atoms with van der Waals surface area (Å²) in [6, 6.07) is 0. The minimum atomic E-state index is -0.524. The van der Waals surface area contributed by atoms with Crippen LogP contribution >= 0.6 is 0 Å². The summed E-state index contributed by atoms with van der Waals surface area (Å²) in [6.45, 7) is 16.0. The Bertz CT molecular complexity index is 1180. The van der Waals surface area contributed by atoms with Crippen molar-refractivity contribution in [3.63, 3.8) is 0 Å². The van der Waals surface area contributed by atoms with Gasteiger partial charge in [0.1, 0.15) is 11.7 Å². The SMILES string of the molecule is CC(=O)O[C@H]1CC[C@]2(C)C3CC[C@]4(C)[C@@H]([C@H](C)/C=C/[C@H](C)C(C)C)CC[C@H]4[C@@]34C=C[C@]2(C1)ON4c1cnccn1. The van der Waals surface area contributed by atoms with Crippen LogP contribution in [-0.4, -0.2) is 33.2 Å². The van der Waals surface area contributed by atoms with E-state index in [9.17, 15) is 4.79 Å². The first kappa shape index (κ1) is 27.9. The first-order valence-corrected chi connectivity index (χ1v) is 15.8. The van der Waals surface area contributed by atoms with Crippen molar-refractivity contribution in [1.29, 1.82) is 0 Å². The van der Waals surface area contributed by atoms with Crippen LogP contribution in [0.5, 0.6) is 0 Å². The van der Waals surface area contributed by atoms with Gasteiger partial charge in [-0.05, 0) is 79.4 Å². The van der Waals surface area contributed by atoms with Gasteiger partial charge in [-0.2, -0.15) is 0 Å². The van der Waals surface area contributed by atoms with Crippen LogP contribution in [0.15, 0.2) is 42.9 Å². The maximum absolute atomic E-state index is 11.9. The number of ether oxygens (including phenoxy) is 1. The van der Waals surface area contributed by atoms with Gasteiger partial charge >= 0.3 is 5.97 Å². The Morgan fingerprint density at radius 2 is 1.85 bits per heavy atom. The molecule has 2 bridgehead atoms. The van der Waals surface area contributed by atoms with Crippen molar-refractivity contribution in [2.75, 3.05) is 5.06 Å². The molecular weight excluding hydrogens is 498 g/mol. The zero-order valence-electron chi connectivity index (χ0n) is 25.6. The highest BCUT2D eigenvalue weighted by atomic mass is 16.7. The smallest absolute Gasteiger partial charge is 0.302 e. The second-order valence-corrected chi connectivity index (χ2v) is 14.6. The Balaban J connectivity index is 1.42. The van der Waals surface area contributed by atoms with Crippen molar-refractivity contribution in [2.45, 2.75) is 111 Å². The van der Waals surface area contributed by atoms with Crippen molar-refractivity contribution >= 4 is 11.8 Å². The minimum Gasteiger partial charge on any atom is -0.462 e. The number of nitrogens with zero attached hydrogens (tertiary/aromatic N) is 3. The first-order chi connectivity index (χ1) is 19.0. The molecule has 218 valence electrons. The lowest BCUT2D eigenvalue weighted by Crippen LogP contribution is -2.79. The van der Waals surface area contributed by atoms with E-state index in [0.29, 0.717) is 41.9 Å². The van der Waals surface area contributed by atoms with Gasteiger partial charge in [0, 0.05) is 31.2 Å². The van der Waals surface area contributed by atoms with E-state index in [4.69, 9.17) is 14.6 Å². The molecule has 2 aliphatic heterocycles. The molecule has 1 unspecified atom stereocenters. The van der Waals surface area contributed by atoms with Crippen LogP contribution in [0.2, 0.25) is 0 Å². The maximum atomic E-state index is 11.9. The maximum Gasteiger partial charge on any atom is 0.302 e. The number of fused-ring (bicyclic) bond motifs is 2. The van der Waals surface area contributed by atoms with Gasteiger partial charge in [0.15, 0.2) is 5.82 Å². The van der Waals surface area contributed by atoms with E-state index in [1.807, 2.05) is 6.20 Å². The first-order valence-electron chi connectivity index (χ1n) is 15.8. The van der Waals surface area contributed by atoms with Crippen molar-refractivity contribution in [3.8, 4) is 0 Å². The van der Waals surface area contributed by atoms with E-state index in [1.54, 1.807) is 12.4 Å². The van der Waals surface area contributed by atoms with Crippen LogP contribution in [-0.2, 0) is 14.4 Å². The molecule has 0 aromatic carbocycles. The molecule has 0 N–H and O–H groups in total. The summed E-state index contributed by atoms with van der Waals surface area (Å²) in [5, 5.41) is 2.19. The Morgan fingerprint density at radius 1 is 1.05 bits per heavy atom. The number of aromatic nitrogens is 2. The predicted octanol–water partition coefficient (Wildman–Crippen LogP) is 7.32. The standard InChI is InChI=1S/C34H49N3O3/c1-22(2)23(3)8-9-24(4)27-10-11-28-31(27,6)14-13-29-32(7)15-12-26(39-25(5)38)20-33(32)16-17-34(28,29)37(40-33)30-21-35-18-19-36-30/h8-9,16-19,21-24,26-29H,10-15,20H2,1-7H3/b9-8+/t23-,24+,26-,27+,28+,29?,31+,32+,33+,34-/m0/s1. The fourth-order valence-corrected chi connectivity index (χ4v) is 10.0. The van der Waals surface area contributed by atoms with E-state index in [0.717, 1.165) is 18.7 Å². The third kappa shape index (κ3) is 3.87. The van der Waals surface area contributed by atoms with Gasteiger partial charge in [-0.15, -0.1) is 0 Å². The fraction of sp³-hybridized carbons (Fsp3) is 0.735. The van der Waals surface area contributed by atoms with Crippen molar-refractivity contribution in [1.82, 2.24) is 9.97 Å². The predicted molar refractivity (Wildman–Crippen MR) is 157 cm³/mol. The van der Waals surface area contributed by atoms with Gasteiger partial charge in [0.2, 0.25) is 0 Å². The molecule has 2 spiro atoms. The Morgan fingerprint density at radius 3 is 2.55 bits per heavy atom. The summed E-state index contributed by atoms with van der Waals surface area (Å²) < 4.78 is 5.78. The lowest BCUT2D eigenvalue weighted by Gasteiger charge is -2.73. The summed E-state index contributed by atoms with van der Waals surface area (Å²) in [6.07, 6.45) is 22.5. The Labute approximate surface area is 241 Å². The van der Waals surface area contributed by atoms with Crippen molar-refractivity contribution in [2.24, 2.45) is 46.3 Å². The highest BCUT2D eigenvalue weighted by molar-refractivity contribution is 5.66. The number of carbonyl (C=O) groups excluding carboxylic acids is 1. The van der Waals surface area contributed by atoms with Crippen LogP contribution in [0.3, 0.4) is 0 Å². The van der Waals surface area contributed by atoms with Crippen LogP contribution in [0.1, 0.15) is 93.4 Å². The topological polar surface area (TPSA) is 64.6 Å². The Hall–Kier alpha value is -2.21. The molecular formula is C34H49N3O3. The van der Waals surface area contributed by atoms with Gasteiger partial charge < -0.3 is 4.74 Å². The number of anilines is 1.